The molecule has 2 atom stereocenters. The van der Waals surface area contributed by atoms with Gasteiger partial charge in [-0.05, 0) is 31.6 Å². The molecule has 1 aromatic heterocycles. The molecule has 1 amide bonds. The van der Waals surface area contributed by atoms with Crippen molar-refractivity contribution in [3.8, 4) is 0 Å². The quantitative estimate of drug-likeness (QED) is 0.814. The fourth-order valence-corrected chi connectivity index (χ4v) is 3.72. The maximum atomic E-state index is 12.4. The number of rotatable bonds is 5. The zero-order valence-corrected chi connectivity index (χ0v) is 14.4. The second-order valence-corrected chi connectivity index (χ2v) is 7.11. The highest BCUT2D eigenvalue weighted by Gasteiger charge is 2.28. The van der Waals surface area contributed by atoms with Crippen LogP contribution in [0, 0.1) is 5.92 Å². The number of carbonyl (C=O) groups excluding carboxylic acids is 1. The van der Waals surface area contributed by atoms with E-state index in [4.69, 9.17) is 14.0 Å². The van der Waals surface area contributed by atoms with E-state index in [9.17, 15) is 4.79 Å². The summed E-state index contributed by atoms with van der Waals surface area (Å²) in [4.78, 5) is 12.4. The first-order valence-electron chi connectivity index (χ1n) is 9.23. The first-order chi connectivity index (χ1) is 12.3. The summed E-state index contributed by atoms with van der Waals surface area (Å²) in [5, 5.41) is 9.15. The van der Waals surface area contributed by atoms with E-state index < -0.39 is 0 Å². The van der Waals surface area contributed by atoms with Crippen LogP contribution in [0.4, 0.5) is 0 Å². The maximum Gasteiger partial charge on any atom is 0.273 e. The minimum atomic E-state index is -0.187. The number of hydrogen-bond acceptors (Lipinski definition) is 7. The Morgan fingerprint density at radius 3 is 3.00 bits per heavy atom. The van der Waals surface area contributed by atoms with Gasteiger partial charge >= 0.3 is 0 Å². The van der Waals surface area contributed by atoms with Crippen LogP contribution < -0.4 is 10.7 Å². The number of ether oxygens (including phenoxy) is 2. The summed E-state index contributed by atoms with van der Waals surface area (Å²) in [6.45, 7) is 5.01. The molecule has 2 unspecified atom stereocenters. The van der Waals surface area contributed by atoms with Gasteiger partial charge in [-0.1, -0.05) is 5.16 Å². The fraction of sp³-hybridized carbons (Fsp3) is 0.765. The lowest BCUT2D eigenvalue weighted by atomic mass is 10.0. The third-order valence-electron chi connectivity index (χ3n) is 5.16. The van der Waals surface area contributed by atoms with E-state index in [-0.39, 0.29) is 18.1 Å². The van der Waals surface area contributed by atoms with Gasteiger partial charge in [-0.15, -0.1) is 0 Å². The van der Waals surface area contributed by atoms with Crippen LogP contribution in [0.5, 0.6) is 0 Å². The van der Waals surface area contributed by atoms with Gasteiger partial charge in [-0.25, -0.2) is 5.01 Å². The number of nitrogens with one attached hydrogen (secondary N) is 2. The molecule has 0 bridgehead atoms. The molecule has 2 N–H and O–H groups in total. The largest absolute Gasteiger partial charge is 0.381 e. The highest BCUT2D eigenvalue weighted by atomic mass is 16.5. The molecule has 8 nitrogen and oxygen atoms in total. The molecule has 0 aliphatic carbocycles. The van der Waals surface area contributed by atoms with Crippen LogP contribution in [-0.2, 0) is 9.47 Å². The molecule has 0 aromatic carbocycles. The van der Waals surface area contributed by atoms with Crippen molar-refractivity contribution in [3.63, 3.8) is 0 Å². The van der Waals surface area contributed by atoms with E-state index >= 15 is 0 Å². The molecule has 3 fully saturated rings. The Kier molecular flexibility index (Phi) is 5.30. The summed E-state index contributed by atoms with van der Waals surface area (Å²) in [6, 6.07) is 1.78. The minimum absolute atomic E-state index is 0.0582. The van der Waals surface area contributed by atoms with Crippen molar-refractivity contribution in [2.75, 3.05) is 39.5 Å². The summed E-state index contributed by atoms with van der Waals surface area (Å²) in [5.74, 6) is 1.13. The third kappa shape index (κ3) is 4.20. The molecule has 8 heteroatoms. The van der Waals surface area contributed by atoms with Crippen molar-refractivity contribution in [1.29, 1.82) is 0 Å². The topological polar surface area (TPSA) is 88.9 Å². The molecule has 25 heavy (non-hydrogen) atoms. The molecule has 3 aliphatic heterocycles. The van der Waals surface area contributed by atoms with Crippen LogP contribution in [0.15, 0.2) is 10.6 Å². The molecule has 0 saturated carbocycles. The molecule has 1 aromatic rings. The molecule has 4 heterocycles. The highest BCUT2D eigenvalue weighted by molar-refractivity contribution is 5.92. The van der Waals surface area contributed by atoms with Crippen LogP contribution in [0.1, 0.15) is 48.0 Å². The van der Waals surface area contributed by atoms with Gasteiger partial charge in [0.25, 0.3) is 5.91 Å². The number of nitrogens with zero attached hydrogens (tertiary/aromatic N) is 2. The number of carbonyl (C=O) groups is 1. The predicted molar refractivity (Wildman–Crippen MR) is 88.8 cm³/mol. The Balaban J connectivity index is 1.25. The van der Waals surface area contributed by atoms with Gasteiger partial charge in [0.1, 0.15) is 6.10 Å². The molecule has 0 radical (unpaired) electrons. The average Bonchev–Trinajstić information content (AvgIpc) is 3.37. The average molecular weight is 350 g/mol. The van der Waals surface area contributed by atoms with E-state index in [0.717, 1.165) is 65.1 Å². The fourth-order valence-electron chi connectivity index (χ4n) is 3.72. The van der Waals surface area contributed by atoms with Crippen molar-refractivity contribution >= 4 is 5.91 Å². The Morgan fingerprint density at radius 2 is 2.20 bits per heavy atom. The first-order valence-corrected chi connectivity index (χ1v) is 9.23. The van der Waals surface area contributed by atoms with Gasteiger partial charge in [0.15, 0.2) is 11.5 Å². The van der Waals surface area contributed by atoms with Crippen LogP contribution in [0.2, 0.25) is 0 Å². The molecule has 138 valence electrons. The van der Waals surface area contributed by atoms with Crippen LogP contribution in [0.3, 0.4) is 0 Å². The highest BCUT2D eigenvalue weighted by Crippen LogP contribution is 2.28. The van der Waals surface area contributed by atoms with Gasteiger partial charge in [-0.2, -0.15) is 0 Å². The van der Waals surface area contributed by atoms with Gasteiger partial charge in [0, 0.05) is 45.5 Å². The zero-order chi connectivity index (χ0) is 17.1. The van der Waals surface area contributed by atoms with Crippen molar-refractivity contribution in [2.45, 2.75) is 37.8 Å². The smallest absolute Gasteiger partial charge is 0.273 e. The molecule has 3 saturated heterocycles. The first kappa shape index (κ1) is 17.0. The van der Waals surface area contributed by atoms with Gasteiger partial charge in [0.2, 0.25) is 0 Å². The number of hydrogen-bond donors (Lipinski definition) is 2. The third-order valence-corrected chi connectivity index (χ3v) is 5.16. The lowest BCUT2D eigenvalue weighted by Crippen LogP contribution is -2.39. The summed E-state index contributed by atoms with van der Waals surface area (Å²) in [6.07, 6.45) is 4.10. The summed E-state index contributed by atoms with van der Waals surface area (Å²) < 4.78 is 16.2. The summed E-state index contributed by atoms with van der Waals surface area (Å²) in [5.41, 5.74) is 3.70. The SMILES string of the molecule is O=C(NC1CNN(CC2CCOCC2)C1)c1cc(C2CCCO2)on1. The molecular weight excluding hydrogens is 324 g/mol. The van der Waals surface area contributed by atoms with E-state index in [1.807, 2.05) is 0 Å². The van der Waals surface area contributed by atoms with Gasteiger partial charge in [-0.3, -0.25) is 10.2 Å². The van der Waals surface area contributed by atoms with E-state index in [0.29, 0.717) is 17.4 Å². The maximum absolute atomic E-state index is 12.4. The van der Waals surface area contributed by atoms with Crippen LogP contribution in [0.25, 0.3) is 0 Å². The number of hydrazine groups is 1. The van der Waals surface area contributed by atoms with E-state index in [1.54, 1.807) is 6.07 Å². The van der Waals surface area contributed by atoms with Gasteiger partial charge in [0.05, 0.1) is 6.04 Å². The Hall–Kier alpha value is -1.48. The predicted octanol–water partition coefficient (Wildman–Crippen LogP) is 0.871. The summed E-state index contributed by atoms with van der Waals surface area (Å²) >= 11 is 0. The zero-order valence-electron chi connectivity index (χ0n) is 14.4. The second kappa shape index (κ2) is 7.82. The van der Waals surface area contributed by atoms with Crippen molar-refractivity contribution in [1.82, 2.24) is 20.9 Å². The second-order valence-electron chi connectivity index (χ2n) is 7.11. The molecule has 0 spiro atoms. The summed E-state index contributed by atoms with van der Waals surface area (Å²) in [7, 11) is 0. The Bertz CT molecular complexity index is 581. The van der Waals surface area contributed by atoms with Crippen molar-refractivity contribution in [2.24, 2.45) is 5.92 Å². The lowest BCUT2D eigenvalue weighted by Gasteiger charge is -2.26. The lowest BCUT2D eigenvalue weighted by molar-refractivity contribution is 0.0495. The normalized spacial score (nSPS) is 28.5. The molecular formula is C17H26N4O4. The van der Waals surface area contributed by atoms with Crippen LogP contribution in [-0.4, -0.2) is 61.6 Å². The van der Waals surface area contributed by atoms with Gasteiger partial charge < -0.3 is 19.3 Å². The minimum Gasteiger partial charge on any atom is -0.381 e. The standard InChI is InChI=1S/C17H26N4O4/c22-17(14-8-16(25-20-14)15-2-1-5-24-15)19-13-9-18-21(11-13)10-12-3-6-23-7-4-12/h8,12-13,15,18H,1-7,9-11H2,(H,19,22). The van der Waals surface area contributed by atoms with E-state index in [1.165, 1.54) is 0 Å². The van der Waals surface area contributed by atoms with Crippen LogP contribution >= 0.6 is 0 Å². The Morgan fingerprint density at radius 1 is 1.32 bits per heavy atom. The number of aromatic nitrogens is 1. The van der Waals surface area contributed by atoms with Crippen molar-refractivity contribution < 1.29 is 18.8 Å². The monoisotopic (exact) mass is 350 g/mol. The Labute approximate surface area is 147 Å². The number of amides is 1. The molecule has 3 aliphatic rings. The van der Waals surface area contributed by atoms with E-state index in [2.05, 4.69) is 20.9 Å². The van der Waals surface area contributed by atoms with Crippen molar-refractivity contribution in [3.05, 3.63) is 17.5 Å². The molecule has 4 rings (SSSR count).